The molecule has 0 atom stereocenters. The van der Waals surface area contributed by atoms with Crippen LogP contribution in [0.3, 0.4) is 0 Å². The third-order valence-electron chi connectivity index (χ3n) is 4.04. The summed E-state index contributed by atoms with van der Waals surface area (Å²) >= 11 is 0. The second-order valence-electron chi connectivity index (χ2n) is 6.22. The molecule has 0 saturated heterocycles. The van der Waals surface area contributed by atoms with Gasteiger partial charge < -0.3 is 4.74 Å². The largest absolute Gasteiger partial charge is 0.489 e. The number of halogens is 3. The summed E-state index contributed by atoms with van der Waals surface area (Å²) in [6.45, 7) is 4.28. The van der Waals surface area contributed by atoms with Crippen molar-refractivity contribution in [3.8, 4) is 16.9 Å². The van der Waals surface area contributed by atoms with E-state index in [-0.39, 0.29) is 0 Å². The fourth-order valence-corrected chi connectivity index (χ4v) is 2.72. The van der Waals surface area contributed by atoms with Crippen molar-refractivity contribution in [1.82, 2.24) is 4.98 Å². The molecule has 0 amide bonds. The lowest BCUT2D eigenvalue weighted by atomic mass is 10.0. The van der Waals surface area contributed by atoms with E-state index >= 15 is 0 Å². The average Bonchev–Trinajstić information content (AvgIpc) is 2.61. The number of aryl methyl sites for hydroxylation is 2. The van der Waals surface area contributed by atoms with Crippen molar-refractivity contribution in [1.29, 1.82) is 0 Å². The standard InChI is InChI=1S/C21H18F3NO/c1-14-6-7-20(15(2)8-14)26-13-16-9-18(12-25-11-16)17-4-3-5-19(10-17)21(22,23)24/h3-12H,13H2,1-2H3. The van der Waals surface area contributed by atoms with Gasteiger partial charge in [-0.15, -0.1) is 0 Å². The second kappa shape index (κ2) is 7.20. The molecule has 2 nitrogen and oxygen atoms in total. The van der Waals surface area contributed by atoms with Gasteiger partial charge in [0.2, 0.25) is 0 Å². The van der Waals surface area contributed by atoms with E-state index in [1.54, 1.807) is 24.5 Å². The van der Waals surface area contributed by atoms with E-state index in [1.165, 1.54) is 6.07 Å². The zero-order valence-corrected chi connectivity index (χ0v) is 14.5. The molecule has 0 fully saturated rings. The van der Waals surface area contributed by atoms with Crippen LogP contribution in [0.2, 0.25) is 0 Å². The number of hydrogen-bond acceptors (Lipinski definition) is 2. The van der Waals surface area contributed by atoms with Gasteiger partial charge in [-0.25, -0.2) is 0 Å². The zero-order valence-electron chi connectivity index (χ0n) is 14.5. The van der Waals surface area contributed by atoms with Gasteiger partial charge in [-0.1, -0.05) is 29.8 Å². The summed E-state index contributed by atoms with van der Waals surface area (Å²) in [5.74, 6) is 0.778. The Bertz CT molecular complexity index is 919. The topological polar surface area (TPSA) is 22.1 Å². The maximum Gasteiger partial charge on any atom is 0.416 e. The maximum absolute atomic E-state index is 12.9. The first-order chi connectivity index (χ1) is 12.3. The van der Waals surface area contributed by atoms with Crippen LogP contribution in [-0.2, 0) is 12.8 Å². The molecule has 0 N–H and O–H groups in total. The number of nitrogens with zero attached hydrogens (tertiary/aromatic N) is 1. The molecular formula is C21H18F3NO. The predicted octanol–water partition coefficient (Wildman–Crippen LogP) is 5.96. The van der Waals surface area contributed by atoms with Gasteiger partial charge in [0.15, 0.2) is 0 Å². The predicted molar refractivity (Wildman–Crippen MR) is 94.9 cm³/mol. The van der Waals surface area contributed by atoms with Crippen molar-refractivity contribution in [3.63, 3.8) is 0 Å². The summed E-state index contributed by atoms with van der Waals surface area (Å²) in [5.41, 5.74) is 3.40. The van der Waals surface area contributed by atoms with Crippen molar-refractivity contribution in [2.24, 2.45) is 0 Å². The minimum absolute atomic E-state index is 0.295. The smallest absolute Gasteiger partial charge is 0.416 e. The van der Waals surface area contributed by atoms with E-state index in [1.807, 2.05) is 32.0 Å². The summed E-state index contributed by atoms with van der Waals surface area (Å²) in [6.07, 6.45) is -1.16. The number of hydrogen-bond donors (Lipinski definition) is 0. The maximum atomic E-state index is 12.9. The lowest BCUT2D eigenvalue weighted by Gasteiger charge is -2.11. The monoisotopic (exact) mass is 357 g/mol. The Hall–Kier alpha value is -2.82. The summed E-state index contributed by atoms with van der Waals surface area (Å²) in [7, 11) is 0. The van der Waals surface area contributed by atoms with Gasteiger partial charge in [-0.2, -0.15) is 13.2 Å². The van der Waals surface area contributed by atoms with Crippen LogP contribution >= 0.6 is 0 Å². The fourth-order valence-electron chi connectivity index (χ4n) is 2.72. The van der Waals surface area contributed by atoms with Crippen LogP contribution in [0.5, 0.6) is 5.75 Å². The van der Waals surface area contributed by atoms with E-state index in [2.05, 4.69) is 4.98 Å². The first kappa shape index (κ1) is 18.0. The van der Waals surface area contributed by atoms with Crippen molar-refractivity contribution < 1.29 is 17.9 Å². The average molecular weight is 357 g/mol. The molecule has 1 aromatic heterocycles. The van der Waals surface area contributed by atoms with E-state index < -0.39 is 11.7 Å². The SMILES string of the molecule is Cc1ccc(OCc2cncc(-c3cccc(C(F)(F)F)c3)c2)c(C)c1. The highest BCUT2D eigenvalue weighted by Crippen LogP contribution is 2.32. The number of aromatic nitrogens is 1. The molecule has 0 aliphatic heterocycles. The van der Waals surface area contributed by atoms with Crippen LogP contribution in [-0.4, -0.2) is 4.98 Å². The molecular weight excluding hydrogens is 339 g/mol. The lowest BCUT2D eigenvalue weighted by Crippen LogP contribution is -2.04. The van der Waals surface area contributed by atoms with Gasteiger partial charge in [0, 0.05) is 23.5 Å². The minimum atomic E-state index is -4.37. The Balaban J connectivity index is 1.80. The number of rotatable bonds is 4. The van der Waals surface area contributed by atoms with Gasteiger partial charge in [-0.05, 0) is 49.2 Å². The molecule has 0 radical (unpaired) electrons. The summed E-state index contributed by atoms with van der Waals surface area (Å²) in [6, 6.07) is 12.9. The molecule has 5 heteroatoms. The molecule has 3 rings (SSSR count). The van der Waals surface area contributed by atoms with Crippen LogP contribution in [0.1, 0.15) is 22.3 Å². The molecule has 0 saturated carbocycles. The fraction of sp³-hybridized carbons (Fsp3) is 0.190. The Kier molecular flexibility index (Phi) is 4.98. The van der Waals surface area contributed by atoms with Crippen LogP contribution in [0.15, 0.2) is 60.9 Å². The van der Waals surface area contributed by atoms with Crippen molar-refractivity contribution >= 4 is 0 Å². The van der Waals surface area contributed by atoms with Crippen LogP contribution in [0.25, 0.3) is 11.1 Å². The normalized spacial score (nSPS) is 11.4. The summed E-state index contributed by atoms with van der Waals surface area (Å²) in [5, 5.41) is 0. The summed E-state index contributed by atoms with van der Waals surface area (Å²) in [4.78, 5) is 4.14. The Morgan fingerprint density at radius 3 is 2.46 bits per heavy atom. The highest BCUT2D eigenvalue weighted by molar-refractivity contribution is 5.64. The number of benzene rings is 2. The van der Waals surface area contributed by atoms with Crippen LogP contribution in [0, 0.1) is 13.8 Å². The molecule has 0 aliphatic rings. The minimum Gasteiger partial charge on any atom is -0.489 e. The highest BCUT2D eigenvalue weighted by atomic mass is 19.4. The van der Waals surface area contributed by atoms with Gasteiger partial charge in [0.25, 0.3) is 0 Å². The van der Waals surface area contributed by atoms with E-state index in [0.29, 0.717) is 17.7 Å². The van der Waals surface area contributed by atoms with E-state index in [4.69, 9.17) is 4.74 Å². The van der Waals surface area contributed by atoms with Crippen molar-refractivity contribution in [2.75, 3.05) is 0 Å². The first-order valence-electron chi connectivity index (χ1n) is 8.14. The highest BCUT2D eigenvalue weighted by Gasteiger charge is 2.30. The molecule has 0 bridgehead atoms. The molecule has 0 aliphatic carbocycles. The second-order valence-corrected chi connectivity index (χ2v) is 6.22. The lowest BCUT2D eigenvalue weighted by molar-refractivity contribution is -0.137. The molecule has 26 heavy (non-hydrogen) atoms. The van der Waals surface area contributed by atoms with E-state index in [9.17, 15) is 13.2 Å². The first-order valence-corrected chi connectivity index (χ1v) is 8.14. The van der Waals surface area contributed by atoms with Gasteiger partial charge in [0.1, 0.15) is 12.4 Å². The molecule has 2 aromatic carbocycles. The number of ether oxygens (including phenoxy) is 1. The van der Waals surface area contributed by atoms with Gasteiger partial charge >= 0.3 is 6.18 Å². The quantitative estimate of drug-likeness (QED) is 0.574. The Morgan fingerprint density at radius 2 is 1.73 bits per heavy atom. The molecule has 1 heterocycles. The number of pyridine rings is 1. The van der Waals surface area contributed by atoms with Gasteiger partial charge in [0.05, 0.1) is 5.56 Å². The van der Waals surface area contributed by atoms with Crippen LogP contribution < -0.4 is 4.74 Å². The molecule has 134 valence electrons. The molecule has 0 unspecified atom stereocenters. The zero-order chi connectivity index (χ0) is 18.7. The molecule has 3 aromatic rings. The Labute approximate surface area is 150 Å². The van der Waals surface area contributed by atoms with Gasteiger partial charge in [-0.3, -0.25) is 4.98 Å². The summed E-state index contributed by atoms with van der Waals surface area (Å²) < 4.78 is 44.5. The third kappa shape index (κ3) is 4.23. The van der Waals surface area contributed by atoms with Crippen LogP contribution in [0.4, 0.5) is 13.2 Å². The Morgan fingerprint density at radius 1 is 0.923 bits per heavy atom. The van der Waals surface area contributed by atoms with Crippen molar-refractivity contribution in [2.45, 2.75) is 26.6 Å². The van der Waals surface area contributed by atoms with E-state index in [0.717, 1.165) is 34.6 Å². The third-order valence-corrected chi connectivity index (χ3v) is 4.04. The molecule has 0 spiro atoms. The number of alkyl halides is 3. The van der Waals surface area contributed by atoms with Crippen molar-refractivity contribution in [3.05, 3.63) is 83.2 Å².